The summed E-state index contributed by atoms with van der Waals surface area (Å²) in [6.45, 7) is 0. The zero-order chi connectivity index (χ0) is 12.4. The summed E-state index contributed by atoms with van der Waals surface area (Å²) in [5, 5.41) is 12.2. The molecule has 17 heavy (non-hydrogen) atoms. The van der Waals surface area contributed by atoms with Crippen molar-refractivity contribution in [3.05, 3.63) is 35.0 Å². The third-order valence-electron chi connectivity index (χ3n) is 2.13. The topological polar surface area (TPSA) is 75.4 Å². The highest BCUT2D eigenvalue weighted by atomic mass is 35.5. The first-order valence-electron chi connectivity index (χ1n) is 4.79. The Bertz CT molecular complexity index is 566. The Hall–Kier alpha value is -2.01. The van der Waals surface area contributed by atoms with E-state index in [9.17, 15) is 4.79 Å². The number of nitrogens with one attached hydrogen (secondary N) is 1. The first kappa shape index (κ1) is 11.5. The minimum atomic E-state index is -1.17. The second-order valence-corrected chi connectivity index (χ2v) is 3.70. The van der Waals surface area contributed by atoms with Gasteiger partial charge in [0, 0.05) is 17.6 Å². The van der Waals surface area contributed by atoms with Gasteiger partial charge in [-0.1, -0.05) is 23.7 Å². The Labute approximate surface area is 102 Å². The Morgan fingerprint density at radius 1 is 1.53 bits per heavy atom. The highest BCUT2D eigenvalue weighted by molar-refractivity contribution is 6.30. The van der Waals surface area contributed by atoms with E-state index < -0.39 is 5.97 Å². The zero-order valence-corrected chi connectivity index (χ0v) is 9.65. The summed E-state index contributed by atoms with van der Waals surface area (Å²) in [5.74, 6) is -1.38. The third kappa shape index (κ3) is 2.24. The van der Waals surface area contributed by atoms with Gasteiger partial charge in [-0.05, 0) is 12.1 Å². The van der Waals surface area contributed by atoms with E-state index in [1.54, 1.807) is 31.3 Å². The molecule has 6 heteroatoms. The fraction of sp³-hybridized carbons (Fsp3) is 0.0909. The maximum absolute atomic E-state index is 11.0. The van der Waals surface area contributed by atoms with Crippen molar-refractivity contribution in [3.8, 4) is 11.3 Å². The van der Waals surface area contributed by atoms with Gasteiger partial charge in [-0.25, -0.2) is 4.79 Å². The molecule has 2 N–H and O–H groups in total. The highest BCUT2D eigenvalue weighted by Gasteiger charge is 2.20. The van der Waals surface area contributed by atoms with Crippen LogP contribution in [0.4, 0.5) is 6.01 Å². The van der Waals surface area contributed by atoms with Crippen molar-refractivity contribution in [2.75, 3.05) is 12.4 Å². The number of rotatable bonds is 3. The van der Waals surface area contributed by atoms with Crippen molar-refractivity contribution in [3.63, 3.8) is 0 Å². The van der Waals surface area contributed by atoms with E-state index in [1.165, 1.54) is 0 Å². The maximum atomic E-state index is 11.0. The smallest absolute Gasteiger partial charge is 0.374 e. The van der Waals surface area contributed by atoms with Crippen LogP contribution >= 0.6 is 11.6 Å². The summed E-state index contributed by atoms with van der Waals surface area (Å²) in [7, 11) is 1.60. The average molecular weight is 253 g/mol. The largest absolute Gasteiger partial charge is 0.475 e. The van der Waals surface area contributed by atoms with Crippen molar-refractivity contribution in [1.82, 2.24) is 4.98 Å². The summed E-state index contributed by atoms with van der Waals surface area (Å²) in [6, 6.07) is 6.92. The number of nitrogens with zero attached hydrogens (tertiary/aromatic N) is 1. The molecule has 1 aromatic heterocycles. The quantitative estimate of drug-likeness (QED) is 0.878. The van der Waals surface area contributed by atoms with Gasteiger partial charge in [-0.15, -0.1) is 0 Å². The molecule has 0 unspecified atom stereocenters. The number of aromatic carboxylic acids is 1. The van der Waals surface area contributed by atoms with Crippen LogP contribution in [0.1, 0.15) is 10.6 Å². The number of halogens is 1. The normalized spacial score (nSPS) is 10.2. The van der Waals surface area contributed by atoms with Gasteiger partial charge in [-0.2, -0.15) is 4.98 Å². The molecule has 88 valence electrons. The van der Waals surface area contributed by atoms with E-state index >= 15 is 0 Å². The summed E-state index contributed by atoms with van der Waals surface area (Å²) >= 11 is 5.85. The molecule has 0 saturated heterocycles. The second kappa shape index (κ2) is 4.47. The van der Waals surface area contributed by atoms with E-state index in [4.69, 9.17) is 21.1 Å². The summed E-state index contributed by atoms with van der Waals surface area (Å²) in [5.41, 5.74) is 0.851. The maximum Gasteiger partial charge on any atom is 0.374 e. The monoisotopic (exact) mass is 252 g/mol. The molecule has 2 aromatic rings. The number of carboxylic acids is 1. The number of anilines is 1. The number of carboxylic acid groups (broad SMARTS) is 1. The number of carbonyl (C=O) groups is 1. The van der Waals surface area contributed by atoms with Gasteiger partial charge in [0.25, 0.3) is 6.01 Å². The predicted molar refractivity (Wildman–Crippen MR) is 63.5 cm³/mol. The molecule has 0 saturated carbocycles. The molecule has 1 aromatic carbocycles. The van der Waals surface area contributed by atoms with Crippen LogP contribution in [0.15, 0.2) is 28.7 Å². The Balaban J connectivity index is 2.57. The number of aromatic nitrogens is 1. The van der Waals surface area contributed by atoms with E-state index in [0.29, 0.717) is 10.6 Å². The Kier molecular flexibility index (Phi) is 3.01. The van der Waals surface area contributed by atoms with Gasteiger partial charge in [-0.3, -0.25) is 0 Å². The minimum Gasteiger partial charge on any atom is -0.475 e. The van der Waals surface area contributed by atoms with Gasteiger partial charge in [0.15, 0.2) is 0 Å². The van der Waals surface area contributed by atoms with E-state index in [1.807, 2.05) is 0 Å². The molecule has 0 spiro atoms. The molecule has 0 radical (unpaired) electrons. The fourth-order valence-corrected chi connectivity index (χ4v) is 1.59. The van der Waals surface area contributed by atoms with Crippen molar-refractivity contribution in [2.45, 2.75) is 0 Å². The Morgan fingerprint density at radius 2 is 2.29 bits per heavy atom. The molecule has 0 fully saturated rings. The zero-order valence-electron chi connectivity index (χ0n) is 8.90. The van der Waals surface area contributed by atoms with Gasteiger partial charge < -0.3 is 14.8 Å². The van der Waals surface area contributed by atoms with Crippen LogP contribution in [0.2, 0.25) is 5.02 Å². The molecule has 0 aliphatic heterocycles. The minimum absolute atomic E-state index is 0.150. The molecule has 0 amide bonds. The summed E-state index contributed by atoms with van der Waals surface area (Å²) in [4.78, 5) is 15.1. The lowest BCUT2D eigenvalue weighted by Gasteiger charge is -1.97. The summed E-state index contributed by atoms with van der Waals surface area (Å²) in [6.07, 6.45) is 0. The molecule has 0 atom stereocenters. The predicted octanol–water partition coefficient (Wildman–Crippen LogP) is 2.73. The molecule has 0 bridgehead atoms. The van der Waals surface area contributed by atoms with Crippen molar-refractivity contribution in [2.24, 2.45) is 0 Å². The van der Waals surface area contributed by atoms with Gasteiger partial charge in [0.2, 0.25) is 5.76 Å². The number of hydrogen-bond acceptors (Lipinski definition) is 4. The van der Waals surface area contributed by atoms with Crippen LogP contribution in [0.3, 0.4) is 0 Å². The van der Waals surface area contributed by atoms with Gasteiger partial charge in [0.1, 0.15) is 5.69 Å². The highest BCUT2D eigenvalue weighted by Crippen LogP contribution is 2.27. The number of oxazole rings is 1. The van der Waals surface area contributed by atoms with Crippen LogP contribution in [-0.4, -0.2) is 23.1 Å². The van der Waals surface area contributed by atoms with Crippen LogP contribution in [0.5, 0.6) is 0 Å². The van der Waals surface area contributed by atoms with Gasteiger partial charge >= 0.3 is 5.97 Å². The standard InChI is InChI=1S/C11H9ClN2O3/c1-13-11-14-8(9(17-11)10(15)16)6-3-2-4-7(12)5-6/h2-5H,1H3,(H,13,14)(H,15,16). The molecular weight excluding hydrogens is 244 g/mol. The molecule has 0 aliphatic carbocycles. The van der Waals surface area contributed by atoms with E-state index in [2.05, 4.69) is 10.3 Å². The fourth-order valence-electron chi connectivity index (χ4n) is 1.40. The number of hydrogen-bond donors (Lipinski definition) is 2. The van der Waals surface area contributed by atoms with Crippen LogP contribution in [-0.2, 0) is 0 Å². The van der Waals surface area contributed by atoms with Crippen molar-refractivity contribution >= 4 is 23.6 Å². The van der Waals surface area contributed by atoms with E-state index in [-0.39, 0.29) is 17.5 Å². The van der Waals surface area contributed by atoms with E-state index in [0.717, 1.165) is 0 Å². The average Bonchev–Trinajstić information content (AvgIpc) is 2.73. The second-order valence-electron chi connectivity index (χ2n) is 3.26. The molecule has 5 nitrogen and oxygen atoms in total. The lowest BCUT2D eigenvalue weighted by molar-refractivity contribution is 0.0665. The van der Waals surface area contributed by atoms with Crippen molar-refractivity contribution in [1.29, 1.82) is 0 Å². The SMILES string of the molecule is CNc1nc(-c2cccc(Cl)c2)c(C(=O)O)o1. The first-order valence-corrected chi connectivity index (χ1v) is 5.17. The van der Waals surface area contributed by atoms with Crippen LogP contribution < -0.4 is 5.32 Å². The first-order chi connectivity index (χ1) is 8.11. The molecular formula is C11H9ClN2O3. The van der Waals surface area contributed by atoms with Crippen LogP contribution in [0.25, 0.3) is 11.3 Å². The summed E-state index contributed by atoms with van der Waals surface area (Å²) < 4.78 is 5.05. The number of benzene rings is 1. The molecule has 1 heterocycles. The molecule has 0 aliphatic rings. The third-order valence-corrected chi connectivity index (χ3v) is 2.37. The lowest BCUT2D eigenvalue weighted by atomic mass is 10.1. The van der Waals surface area contributed by atoms with Gasteiger partial charge in [0.05, 0.1) is 0 Å². The van der Waals surface area contributed by atoms with Crippen LogP contribution in [0, 0.1) is 0 Å². The lowest BCUT2D eigenvalue weighted by Crippen LogP contribution is -1.96. The molecule has 2 rings (SSSR count). The Morgan fingerprint density at radius 3 is 2.88 bits per heavy atom. The van der Waals surface area contributed by atoms with Crippen molar-refractivity contribution < 1.29 is 14.3 Å².